The van der Waals surface area contributed by atoms with Gasteiger partial charge in [-0.1, -0.05) is 17.7 Å². The zero-order valence-corrected chi connectivity index (χ0v) is 10.4. The van der Waals surface area contributed by atoms with Crippen LogP contribution in [0.4, 0.5) is 5.69 Å². The summed E-state index contributed by atoms with van der Waals surface area (Å²) in [6.45, 7) is 2.42. The number of hydrogen-bond acceptors (Lipinski definition) is 4. The average molecular weight is 243 g/mol. The molecule has 0 saturated carbocycles. The minimum Gasteiger partial charge on any atom is -0.372 e. The lowest BCUT2D eigenvalue weighted by Gasteiger charge is -2.17. The first kappa shape index (κ1) is 10.6. The molecule has 76 valence electrons. The van der Waals surface area contributed by atoms with Crippen LogP contribution in [0.5, 0.6) is 0 Å². The summed E-state index contributed by atoms with van der Waals surface area (Å²) < 4.78 is 0. The van der Waals surface area contributed by atoms with E-state index in [1.165, 1.54) is 46.3 Å². The molecule has 14 heavy (non-hydrogen) atoms. The van der Waals surface area contributed by atoms with Crippen LogP contribution in [0.15, 0.2) is 29.2 Å². The minimum absolute atomic E-state index is 1.21. The van der Waals surface area contributed by atoms with Crippen LogP contribution < -0.4 is 4.90 Å². The Labute approximate surface area is 97.8 Å². The van der Waals surface area contributed by atoms with E-state index in [1.807, 2.05) is 0 Å². The second-order valence-corrected chi connectivity index (χ2v) is 6.43. The van der Waals surface area contributed by atoms with Crippen molar-refractivity contribution in [2.45, 2.75) is 17.7 Å². The van der Waals surface area contributed by atoms with Gasteiger partial charge in [-0.2, -0.15) is 0 Å². The van der Waals surface area contributed by atoms with Gasteiger partial charge < -0.3 is 4.90 Å². The van der Waals surface area contributed by atoms with E-state index in [9.17, 15) is 0 Å². The van der Waals surface area contributed by atoms with Gasteiger partial charge in [0.15, 0.2) is 0 Å². The molecule has 0 aliphatic carbocycles. The summed E-state index contributed by atoms with van der Waals surface area (Å²) in [7, 11) is 3.20. The van der Waals surface area contributed by atoms with Crippen LogP contribution in [0.3, 0.4) is 0 Å². The molecular weight excluding hydrogens is 230 g/mol. The molecule has 1 aromatic carbocycles. The Bertz CT molecular complexity index is 297. The van der Waals surface area contributed by atoms with Crippen LogP contribution in [0, 0.1) is 0 Å². The quantitative estimate of drug-likeness (QED) is 0.634. The summed E-state index contributed by atoms with van der Waals surface area (Å²) in [5.41, 5.74) is 1.36. The van der Waals surface area contributed by atoms with Crippen LogP contribution >= 0.6 is 32.3 Å². The monoisotopic (exact) mass is 243 g/mol. The molecule has 1 saturated heterocycles. The fourth-order valence-corrected chi connectivity index (χ4v) is 3.48. The van der Waals surface area contributed by atoms with Crippen molar-refractivity contribution in [1.29, 1.82) is 0 Å². The summed E-state index contributed by atoms with van der Waals surface area (Å²) in [5.74, 6) is 0. The van der Waals surface area contributed by atoms with Crippen molar-refractivity contribution in [3.05, 3.63) is 24.3 Å². The molecule has 0 N–H and O–H groups in total. The molecule has 1 aliphatic rings. The van der Waals surface area contributed by atoms with Gasteiger partial charge in [-0.3, -0.25) is 0 Å². The Morgan fingerprint density at radius 2 is 2.00 bits per heavy atom. The Kier molecular flexibility index (Phi) is 3.96. The van der Waals surface area contributed by atoms with Crippen LogP contribution in [-0.2, 0) is 0 Å². The van der Waals surface area contributed by atoms with Crippen molar-refractivity contribution in [1.82, 2.24) is 0 Å². The third-order valence-electron chi connectivity index (χ3n) is 2.42. The molecule has 1 fully saturated rings. The summed E-state index contributed by atoms with van der Waals surface area (Å²) in [5, 5.41) is 0. The van der Waals surface area contributed by atoms with Crippen LogP contribution in [-0.4, -0.2) is 13.1 Å². The van der Waals surface area contributed by atoms with Crippen molar-refractivity contribution in [3.8, 4) is 0 Å². The largest absolute Gasteiger partial charge is 0.372 e. The first-order valence-corrected chi connectivity index (χ1v) is 7.93. The fourth-order valence-electron chi connectivity index (χ4n) is 1.75. The molecular formula is C10H13NS3. The average Bonchev–Trinajstić information content (AvgIpc) is 2.71. The number of thiol groups is 1. The van der Waals surface area contributed by atoms with Crippen molar-refractivity contribution < 1.29 is 0 Å². The Morgan fingerprint density at radius 3 is 2.71 bits per heavy atom. The zero-order valence-electron chi connectivity index (χ0n) is 7.85. The van der Waals surface area contributed by atoms with Gasteiger partial charge in [0.1, 0.15) is 0 Å². The van der Waals surface area contributed by atoms with Gasteiger partial charge in [0.25, 0.3) is 0 Å². The van der Waals surface area contributed by atoms with Crippen LogP contribution in [0.1, 0.15) is 12.8 Å². The van der Waals surface area contributed by atoms with E-state index in [1.54, 1.807) is 10.8 Å². The van der Waals surface area contributed by atoms with Crippen molar-refractivity contribution in [2.24, 2.45) is 0 Å². The third-order valence-corrected chi connectivity index (χ3v) is 4.42. The summed E-state index contributed by atoms with van der Waals surface area (Å²) in [4.78, 5) is 3.74. The highest BCUT2D eigenvalue weighted by Crippen LogP contribution is 2.35. The molecule has 1 nitrogen and oxygen atoms in total. The van der Waals surface area contributed by atoms with Crippen molar-refractivity contribution in [3.63, 3.8) is 0 Å². The molecule has 1 aliphatic heterocycles. The van der Waals surface area contributed by atoms with Gasteiger partial charge in [-0.25, -0.2) is 0 Å². The molecule has 0 bridgehead atoms. The molecule has 0 unspecified atom stereocenters. The number of benzene rings is 1. The molecule has 0 radical (unpaired) electrons. The van der Waals surface area contributed by atoms with Crippen molar-refractivity contribution >= 4 is 38.0 Å². The van der Waals surface area contributed by atoms with Crippen LogP contribution in [0.25, 0.3) is 0 Å². The topological polar surface area (TPSA) is 3.24 Å². The van der Waals surface area contributed by atoms with Gasteiger partial charge in [-0.05, 0) is 51.7 Å². The normalized spacial score (nSPS) is 16.2. The highest BCUT2D eigenvalue weighted by Gasteiger charge is 2.12. The summed E-state index contributed by atoms with van der Waals surface area (Å²) in [6, 6.07) is 8.70. The highest BCUT2D eigenvalue weighted by atomic mass is 33.5. The van der Waals surface area contributed by atoms with Crippen molar-refractivity contribution in [2.75, 3.05) is 18.0 Å². The van der Waals surface area contributed by atoms with Gasteiger partial charge in [0.2, 0.25) is 0 Å². The van der Waals surface area contributed by atoms with E-state index in [-0.39, 0.29) is 0 Å². The van der Waals surface area contributed by atoms with Gasteiger partial charge in [0, 0.05) is 23.7 Å². The summed E-state index contributed by atoms with van der Waals surface area (Å²) >= 11 is 4.14. The Hall–Kier alpha value is 0.0700. The second-order valence-electron chi connectivity index (χ2n) is 3.35. The molecule has 0 atom stereocenters. The van der Waals surface area contributed by atoms with E-state index in [0.29, 0.717) is 0 Å². The number of hydrogen-bond donors (Lipinski definition) is 1. The molecule has 0 spiro atoms. The first-order chi connectivity index (χ1) is 6.90. The van der Waals surface area contributed by atoms with E-state index in [4.69, 9.17) is 0 Å². The SMILES string of the molecule is SSSc1cccc(N2CCCC2)c1. The van der Waals surface area contributed by atoms with E-state index in [0.717, 1.165) is 0 Å². The predicted octanol–water partition coefficient (Wildman–Crippen LogP) is 3.87. The summed E-state index contributed by atoms with van der Waals surface area (Å²) in [6.07, 6.45) is 2.66. The fraction of sp³-hybridized carbons (Fsp3) is 0.400. The lowest BCUT2D eigenvalue weighted by molar-refractivity contribution is 0.949. The minimum atomic E-state index is 1.21. The maximum atomic E-state index is 4.14. The molecule has 1 heterocycles. The van der Waals surface area contributed by atoms with Gasteiger partial charge in [0.05, 0.1) is 0 Å². The molecule has 0 amide bonds. The number of anilines is 1. The van der Waals surface area contributed by atoms with E-state index in [2.05, 4.69) is 40.8 Å². The first-order valence-electron chi connectivity index (χ1n) is 4.73. The number of nitrogens with zero attached hydrogens (tertiary/aromatic N) is 1. The maximum absolute atomic E-state index is 4.14. The number of rotatable bonds is 3. The third kappa shape index (κ3) is 2.55. The predicted molar refractivity (Wildman–Crippen MR) is 70.3 cm³/mol. The lowest BCUT2D eigenvalue weighted by Crippen LogP contribution is -2.17. The maximum Gasteiger partial charge on any atom is 0.0377 e. The molecule has 0 aromatic heterocycles. The van der Waals surface area contributed by atoms with Gasteiger partial charge in [-0.15, -0.1) is 0 Å². The highest BCUT2D eigenvalue weighted by molar-refractivity contribution is 9.05. The lowest BCUT2D eigenvalue weighted by atomic mass is 10.3. The Morgan fingerprint density at radius 1 is 1.21 bits per heavy atom. The molecule has 4 heteroatoms. The van der Waals surface area contributed by atoms with E-state index < -0.39 is 0 Å². The van der Waals surface area contributed by atoms with E-state index >= 15 is 0 Å². The standard InChI is InChI=1S/C10H13NS3/c12-14-13-10-5-3-4-9(8-10)11-6-1-2-7-11/h3-5,8,12H,1-2,6-7H2. The second kappa shape index (κ2) is 5.24. The Balaban J connectivity index is 2.12. The molecule has 1 aromatic rings. The smallest absolute Gasteiger partial charge is 0.0377 e. The van der Waals surface area contributed by atoms with Crippen LogP contribution in [0.2, 0.25) is 0 Å². The molecule has 2 rings (SSSR count). The zero-order chi connectivity index (χ0) is 9.80. The van der Waals surface area contributed by atoms with Gasteiger partial charge >= 0.3 is 0 Å².